The fourth-order valence-corrected chi connectivity index (χ4v) is 3.45. The van der Waals surface area contributed by atoms with Gasteiger partial charge in [0, 0.05) is 13.1 Å². The molecule has 1 amide bonds. The van der Waals surface area contributed by atoms with Gasteiger partial charge in [0.2, 0.25) is 5.91 Å². The van der Waals surface area contributed by atoms with Gasteiger partial charge in [-0.05, 0) is 63.4 Å². The molecule has 0 aliphatic carbocycles. The standard InChI is InChI=1S/C18H25N3O3/c1-13-5-6-16-15(10-13)21(18(23)24-16)12-17(22)19-8-7-14-4-3-9-20(2)11-14/h5-6,10,14H,3-4,7-9,11-12H2,1-2H3,(H,19,22). The van der Waals surface area contributed by atoms with Crippen LogP contribution in [0.5, 0.6) is 0 Å². The lowest BCUT2D eigenvalue weighted by Gasteiger charge is -2.29. The molecule has 6 heteroatoms. The van der Waals surface area contributed by atoms with Crippen LogP contribution in [0.4, 0.5) is 0 Å². The highest BCUT2D eigenvalue weighted by Crippen LogP contribution is 2.18. The molecule has 0 saturated carbocycles. The molecule has 1 saturated heterocycles. The van der Waals surface area contributed by atoms with E-state index in [9.17, 15) is 9.59 Å². The van der Waals surface area contributed by atoms with Crippen molar-refractivity contribution in [3.8, 4) is 0 Å². The van der Waals surface area contributed by atoms with Gasteiger partial charge in [-0.2, -0.15) is 0 Å². The van der Waals surface area contributed by atoms with Gasteiger partial charge in [0.25, 0.3) is 0 Å². The maximum absolute atomic E-state index is 12.2. The lowest BCUT2D eigenvalue weighted by atomic mass is 9.95. The molecule has 6 nitrogen and oxygen atoms in total. The predicted molar refractivity (Wildman–Crippen MR) is 93.1 cm³/mol. The van der Waals surface area contributed by atoms with E-state index in [2.05, 4.69) is 17.3 Å². The minimum Gasteiger partial charge on any atom is -0.408 e. The molecule has 24 heavy (non-hydrogen) atoms. The topological polar surface area (TPSA) is 67.5 Å². The van der Waals surface area contributed by atoms with Crippen LogP contribution in [0.15, 0.2) is 27.4 Å². The number of nitrogens with one attached hydrogen (secondary N) is 1. The molecule has 1 fully saturated rings. The van der Waals surface area contributed by atoms with Gasteiger partial charge in [0.1, 0.15) is 6.54 Å². The van der Waals surface area contributed by atoms with Gasteiger partial charge in [-0.1, -0.05) is 6.07 Å². The first-order chi connectivity index (χ1) is 11.5. The van der Waals surface area contributed by atoms with Crippen molar-refractivity contribution < 1.29 is 9.21 Å². The number of rotatable bonds is 5. The number of aromatic nitrogens is 1. The maximum atomic E-state index is 12.2. The second kappa shape index (κ2) is 7.21. The Hall–Kier alpha value is -2.08. The minimum atomic E-state index is -0.486. The van der Waals surface area contributed by atoms with Crippen molar-refractivity contribution in [3.05, 3.63) is 34.3 Å². The van der Waals surface area contributed by atoms with Crippen LogP contribution >= 0.6 is 0 Å². The van der Waals surface area contributed by atoms with Crippen LogP contribution in [0.25, 0.3) is 11.1 Å². The third kappa shape index (κ3) is 3.87. The molecule has 130 valence electrons. The molecule has 0 bridgehead atoms. The lowest BCUT2D eigenvalue weighted by Crippen LogP contribution is -2.36. The number of carbonyl (C=O) groups excluding carboxylic acids is 1. The van der Waals surface area contributed by atoms with E-state index in [1.807, 2.05) is 19.1 Å². The summed E-state index contributed by atoms with van der Waals surface area (Å²) in [5.74, 6) is 0.00861. The molecule has 2 aromatic rings. The maximum Gasteiger partial charge on any atom is 0.420 e. The molecule has 0 radical (unpaired) electrons. The number of piperidine rings is 1. The molecule has 1 aromatic carbocycles. The number of oxazole rings is 1. The van der Waals surface area contributed by atoms with Crippen molar-refractivity contribution >= 4 is 17.0 Å². The summed E-state index contributed by atoms with van der Waals surface area (Å²) in [6, 6.07) is 5.52. The fraction of sp³-hybridized carbons (Fsp3) is 0.556. The molecule has 1 aliphatic heterocycles. The Morgan fingerprint density at radius 3 is 3.04 bits per heavy atom. The Bertz CT molecular complexity index is 777. The molecule has 3 rings (SSSR count). The third-order valence-corrected chi connectivity index (χ3v) is 4.72. The van der Waals surface area contributed by atoms with E-state index in [-0.39, 0.29) is 12.5 Å². The Kier molecular flexibility index (Phi) is 5.04. The SMILES string of the molecule is Cc1ccc2oc(=O)n(CC(=O)NCCC3CCCN(C)C3)c2c1. The highest BCUT2D eigenvalue weighted by Gasteiger charge is 2.17. The summed E-state index contributed by atoms with van der Waals surface area (Å²) in [7, 11) is 2.14. The summed E-state index contributed by atoms with van der Waals surface area (Å²) in [5.41, 5.74) is 2.21. The van der Waals surface area contributed by atoms with Crippen molar-refractivity contribution in [2.45, 2.75) is 32.7 Å². The van der Waals surface area contributed by atoms with Crippen LogP contribution < -0.4 is 11.1 Å². The van der Waals surface area contributed by atoms with E-state index >= 15 is 0 Å². The van der Waals surface area contributed by atoms with Crippen molar-refractivity contribution in [1.82, 2.24) is 14.8 Å². The largest absolute Gasteiger partial charge is 0.420 e. The van der Waals surface area contributed by atoms with Gasteiger partial charge < -0.3 is 14.6 Å². The highest BCUT2D eigenvalue weighted by atomic mass is 16.4. The Labute approximate surface area is 141 Å². The van der Waals surface area contributed by atoms with Crippen LogP contribution in [0.3, 0.4) is 0 Å². The van der Waals surface area contributed by atoms with Gasteiger partial charge >= 0.3 is 5.76 Å². The number of likely N-dealkylation sites (tertiary alicyclic amines) is 1. The first-order valence-electron chi connectivity index (χ1n) is 8.58. The average Bonchev–Trinajstić information content (AvgIpc) is 2.83. The van der Waals surface area contributed by atoms with E-state index in [1.165, 1.54) is 24.0 Å². The summed E-state index contributed by atoms with van der Waals surface area (Å²) in [6.45, 7) is 4.86. The zero-order chi connectivity index (χ0) is 17.1. The van der Waals surface area contributed by atoms with Gasteiger partial charge in [-0.15, -0.1) is 0 Å². The number of carbonyl (C=O) groups is 1. The molecule has 1 unspecified atom stereocenters. The summed E-state index contributed by atoms with van der Waals surface area (Å²) in [5, 5.41) is 2.93. The van der Waals surface area contributed by atoms with Gasteiger partial charge in [-0.25, -0.2) is 4.79 Å². The van der Waals surface area contributed by atoms with Crippen molar-refractivity contribution in [2.24, 2.45) is 5.92 Å². The van der Waals surface area contributed by atoms with Crippen LogP contribution in [0, 0.1) is 12.8 Å². The normalized spacial score (nSPS) is 18.8. The number of amides is 1. The Morgan fingerprint density at radius 1 is 1.42 bits per heavy atom. The summed E-state index contributed by atoms with van der Waals surface area (Å²) in [4.78, 5) is 26.5. The summed E-state index contributed by atoms with van der Waals surface area (Å²) < 4.78 is 6.58. The molecular weight excluding hydrogens is 306 g/mol. The Morgan fingerprint density at radius 2 is 2.25 bits per heavy atom. The fourth-order valence-electron chi connectivity index (χ4n) is 3.45. The number of aryl methyl sites for hydroxylation is 1. The quantitative estimate of drug-likeness (QED) is 0.906. The average molecular weight is 331 g/mol. The van der Waals surface area contributed by atoms with Crippen LogP contribution in [0.2, 0.25) is 0 Å². The first-order valence-corrected chi connectivity index (χ1v) is 8.58. The lowest BCUT2D eigenvalue weighted by molar-refractivity contribution is -0.121. The summed E-state index contributed by atoms with van der Waals surface area (Å²) >= 11 is 0. The van der Waals surface area contributed by atoms with E-state index in [0.29, 0.717) is 23.6 Å². The van der Waals surface area contributed by atoms with Crippen LogP contribution in [-0.2, 0) is 11.3 Å². The Balaban J connectivity index is 1.56. The predicted octanol–water partition coefficient (Wildman–Crippen LogP) is 1.75. The molecule has 1 N–H and O–H groups in total. The van der Waals surface area contributed by atoms with E-state index in [1.54, 1.807) is 6.07 Å². The number of benzene rings is 1. The molecule has 1 aliphatic rings. The van der Waals surface area contributed by atoms with E-state index < -0.39 is 5.76 Å². The summed E-state index contributed by atoms with van der Waals surface area (Å²) in [6.07, 6.45) is 3.44. The smallest absolute Gasteiger partial charge is 0.408 e. The van der Waals surface area contributed by atoms with Gasteiger partial charge in [-0.3, -0.25) is 9.36 Å². The van der Waals surface area contributed by atoms with Crippen LogP contribution in [-0.4, -0.2) is 42.1 Å². The monoisotopic (exact) mass is 331 g/mol. The number of hydrogen-bond donors (Lipinski definition) is 1. The number of nitrogens with zero attached hydrogens (tertiary/aromatic N) is 2. The molecule has 1 atom stereocenters. The van der Waals surface area contributed by atoms with Crippen LogP contribution in [0.1, 0.15) is 24.8 Å². The van der Waals surface area contributed by atoms with Gasteiger partial charge in [0.05, 0.1) is 5.52 Å². The van der Waals surface area contributed by atoms with E-state index in [4.69, 9.17) is 4.42 Å². The zero-order valence-electron chi connectivity index (χ0n) is 14.4. The second-order valence-corrected chi connectivity index (χ2v) is 6.83. The molecule has 0 spiro atoms. The van der Waals surface area contributed by atoms with Crippen molar-refractivity contribution in [3.63, 3.8) is 0 Å². The third-order valence-electron chi connectivity index (χ3n) is 4.72. The highest BCUT2D eigenvalue weighted by molar-refractivity contribution is 5.79. The molecular formula is C18H25N3O3. The first kappa shape index (κ1) is 16.8. The zero-order valence-corrected chi connectivity index (χ0v) is 14.4. The number of hydrogen-bond acceptors (Lipinski definition) is 4. The van der Waals surface area contributed by atoms with Gasteiger partial charge in [0.15, 0.2) is 5.58 Å². The van der Waals surface area contributed by atoms with E-state index in [0.717, 1.165) is 18.5 Å². The minimum absolute atomic E-state index is 0.000143. The van der Waals surface area contributed by atoms with Crippen molar-refractivity contribution in [1.29, 1.82) is 0 Å². The second-order valence-electron chi connectivity index (χ2n) is 6.83. The number of fused-ring (bicyclic) bond motifs is 1. The molecule has 1 aromatic heterocycles. The van der Waals surface area contributed by atoms with Crippen molar-refractivity contribution in [2.75, 3.05) is 26.7 Å². The molecule has 2 heterocycles.